The molecule has 2 rings (SSSR count). The van der Waals surface area contributed by atoms with Crippen LogP contribution in [-0.2, 0) is 0 Å². The lowest BCUT2D eigenvalue weighted by atomic mass is 9.69. The fourth-order valence-corrected chi connectivity index (χ4v) is 6.36. The van der Waals surface area contributed by atoms with Gasteiger partial charge >= 0.3 is 0 Å². The van der Waals surface area contributed by atoms with Crippen molar-refractivity contribution < 1.29 is 4.92 Å². The SMILES string of the molecule is CC1=C(/C=C/C(C)=C/C=C/C(C)=C/C=C/C=C(C)/C=C/C=C(\C)[CH]C(C2=C(C)CCCC2(C)C)[N+](=O)[O-])C(C)(C)CCC1. The van der Waals surface area contributed by atoms with Crippen LogP contribution in [0.1, 0.15) is 108 Å². The molecule has 0 fully saturated rings. The summed E-state index contributed by atoms with van der Waals surface area (Å²) in [5, 5.41) is 12.0. The van der Waals surface area contributed by atoms with E-state index in [2.05, 4.69) is 105 Å². The standard InChI is InChI=1S/C40H56NO2/c1-30(19-13-21-32(3)25-26-36-34(5)23-15-27-39(36,7)8)17-11-12-18-31(2)20-14-22-33(4)29-37(41(42)43)38-35(6)24-16-28-40(38,9)10/h11-14,17-22,25-26,29,37H,15-16,23-24,27-28H2,1-10H3/b12-11+,19-13+,20-14+,26-25+,30-17+,31-18+,32-21+,33-22+. The highest BCUT2D eigenvalue weighted by Crippen LogP contribution is 2.43. The van der Waals surface area contributed by atoms with E-state index in [4.69, 9.17) is 0 Å². The molecule has 0 saturated carbocycles. The summed E-state index contributed by atoms with van der Waals surface area (Å²) in [5.41, 5.74) is 9.74. The summed E-state index contributed by atoms with van der Waals surface area (Å²) in [6.07, 6.45) is 33.8. The number of nitro groups is 1. The smallest absolute Gasteiger partial charge is 0.242 e. The summed E-state index contributed by atoms with van der Waals surface area (Å²) in [7, 11) is 0. The molecule has 2 aliphatic rings. The second-order valence-electron chi connectivity index (χ2n) is 13.8. The van der Waals surface area contributed by atoms with E-state index in [1.165, 1.54) is 47.1 Å². The van der Waals surface area contributed by atoms with Crippen LogP contribution in [0, 0.1) is 27.4 Å². The monoisotopic (exact) mass is 582 g/mol. The fraction of sp³-hybridized carbons (Fsp3) is 0.475. The van der Waals surface area contributed by atoms with Crippen LogP contribution < -0.4 is 0 Å². The van der Waals surface area contributed by atoms with Crippen molar-refractivity contribution in [3.63, 3.8) is 0 Å². The van der Waals surface area contributed by atoms with Gasteiger partial charge in [-0.3, -0.25) is 10.1 Å². The van der Waals surface area contributed by atoms with Gasteiger partial charge in [-0.25, -0.2) is 0 Å². The highest BCUT2D eigenvalue weighted by Gasteiger charge is 2.39. The third-order valence-electron chi connectivity index (χ3n) is 8.81. The zero-order chi connectivity index (χ0) is 32.2. The maximum Gasteiger partial charge on any atom is 0.242 e. The molecule has 0 aliphatic heterocycles. The lowest BCUT2D eigenvalue weighted by Crippen LogP contribution is -2.34. The van der Waals surface area contributed by atoms with Crippen molar-refractivity contribution in [3.8, 4) is 0 Å². The van der Waals surface area contributed by atoms with E-state index in [0.29, 0.717) is 0 Å². The van der Waals surface area contributed by atoms with Gasteiger partial charge in [-0.2, -0.15) is 0 Å². The lowest BCUT2D eigenvalue weighted by molar-refractivity contribution is -0.504. The molecule has 0 aromatic heterocycles. The number of nitrogens with zero attached hydrogens (tertiary/aromatic N) is 1. The van der Waals surface area contributed by atoms with Gasteiger partial charge in [-0.05, 0) is 96.5 Å². The molecule has 1 unspecified atom stereocenters. The van der Waals surface area contributed by atoms with Crippen LogP contribution in [0.2, 0.25) is 0 Å². The second-order valence-corrected chi connectivity index (χ2v) is 13.8. The van der Waals surface area contributed by atoms with Crippen molar-refractivity contribution in [1.82, 2.24) is 0 Å². The van der Waals surface area contributed by atoms with E-state index in [-0.39, 0.29) is 15.8 Å². The molecule has 0 N–H and O–H groups in total. The molecule has 43 heavy (non-hydrogen) atoms. The predicted octanol–water partition coefficient (Wildman–Crippen LogP) is 11.9. The largest absolute Gasteiger partial charge is 0.264 e. The molecule has 3 heteroatoms. The highest BCUT2D eigenvalue weighted by molar-refractivity contribution is 5.38. The Morgan fingerprint density at radius 2 is 1.16 bits per heavy atom. The summed E-state index contributed by atoms with van der Waals surface area (Å²) in [6, 6.07) is -0.768. The average Bonchev–Trinajstić information content (AvgIpc) is 2.89. The predicted molar refractivity (Wildman–Crippen MR) is 187 cm³/mol. The highest BCUT2D eigenvalue weighted by atomic mass is 16.6. The topological polar surface area (TPSA) is 43.1 Å². The summed E-state index contributed by atoms with van der Waals surface area (Å²) >= 11 is 0. The number of allylic oxidation sites excluding steroid dienone is 18. The summed E-state index contributed by atoms with van der Waals surface area (Å²) in [4.78, 5) is 11.9. The zero-order valence-electron chi connectivity index (χ0n) is 28.6. The van der Waals surface area contributed by atoms with Gasteiger partial charge in [-0.15, -0.1) is 0 Å². The Morgan fingerprint density at radius 3 is 1.67 bits per heavy atom. The van der Waals surface area contributed by atoms with Gasteiger partial charge in [0.15, 0.2) is 0 Å². The van der Waals surface area contributed by atoms with Crippen LogP contribution in [0.15, 0.2) is 117 Å². The number of hydrogen-bond acceptors (Lipinski definition) is 2. The molecular formula is C40H56NO2. The molecule has 2 aliphatic carbocycles. The minimum Gasteiger partial charge on any atom is -0.264 e. The molecule has 1 atom stereocenters. The zero-order valence-corrected chi connectivity index (χ0v) is 28.6. The minimum atomic E-state index is -0.768. The van der Waals surface area contributed by atoms with Gasteiger partial charge in [-0.1, -0.05) is 134 Å². The van der Waals surface area contributed by atoms with Gasteiger partial charge < -0.3 is 0 Å². The molecule has 0 aromatic rings. The maximum absolute atomic E-state index is 12.0. The first kappa shape index (κ1) is 36.0. The van der Waals surface area contributed by atoms with Crippen molar-refractivity contribution in [3.05, 3.63) is 134 Å². The van der Waals surface area contributed by atoms with E-state index >= 15 is 0 Å². The maximum atomic E-state index is 12.0. The van der Waals surface area contributed by atoms with E-state index in [0.717, 1.165) is 36.0 Å². The lowest BCUT2D eigenvalue weighted by Gasteiger charge is -2.35. The fourth-order valence-electron chi connectivity index (χ4n) is 6.36. The molecule has 0 spiro atoms. The van der Waals surface area contributed by atoms with Crippen LogP contribution in [0.5, 0.6) is 0 Å². The Kier molecular flexibility index (Phi) is 13.9. The van der Waals surface area contributed by atoms with Crippen LogP contribution in [0.4, 0.5) is 0 Å². The Morgan fingerprint density at radius 1 is 0.698 bits per heavy atom. The van der Waals surface area contributed by atoms with Crippen molar-refractivity contribution in [2.45, 2.75) is 114 Å². The van der Waals surface area contributed by atoms with Crippen LogP contribution in [0.3, 0.4) is 0 Å². The third-order valence-corrected chi connectivity index (χ3v) is 8.81. The van der Waals surface area contributed by atoms with Crippen LogP contribution in [-0.4, -0.2) is 11.0 Å². The van der Waals surface area contributed by atoms with Gasteiger partial charge in [0.2, 0.25) is 6.04 Å². The quantitative estimate of drug-likeness (QED) is 0.0994. The minimum absolute atomic E-state index is 0.139. The van der Waals surface area contributed by atoms with Crippen molar-refractivity contribution in [2.75, 3.05) is 0 Å². The Balaban J connectivity index is 1.94. The van der Waals surface area contributed by atoms with Crippen LogP contribution in [0.25, 0.3) is 0 Å². The molecule has 0 aromatic carbocycles. The second kappa shape index (κ2) is 16.6. The number of hydrogen-bond donors (Lipinski definition) is 0. The molecule has 233 valence electrons. The normalized spacial score (nSPS) is 21.7. The summed E-state index contributed by atoms with van der Waals surface area (Å²) in [5.74, 6) is 0. The summed E-state index contributed by atoms with van der Waals surface area (Å²) < 4.78 is 0. The molecular weight excluding hydrogens is 526 g/mol. The third kappa shape index (κ3) is 11.8. The van der Waals surface area contributed by atoms with Crippen LogP contribution >= 0.6 is 0 Å². The Bertz CT molecular complexity index is 1310. The van der Waals surface area contributed by atoms with E-state index in [1.54, 1.807) is 6.42 Å². The number of rotatable bonds is 12. The first-order valence-electron chi connectivity index (χ1n) is 15.9. The van der Waals surface area contributed by atoms with Gasteiger partial charge in [0.1, 0.15) is 0 Å². The van der Waals surface area contributed by atoms with E-state index in [9.17, 15) is 10.1 Å². The van der Waals surface area contributed by atoms with Gasteiger partial charge in [0.05, 0.1) is 6.42 Å². The summed E-state index contributed by atoms with van der Waals surface area (Å²) in [6.45, 7) is 21.6. The molecule has 1 radical (unpaired) electrons. The Labute approximate surface area is 263 Å². The van der Waals surface area contributed by atoms with Crippen molar-refractivity contribution >= 4 is 0 Å². The first-order chi connectivity index (χ1) is 20.1. The molecule has 0 saturated heterocycles. The Hall–Kier alpha value is -3.20. The average molecular weight is 583 g/mol. The van der Waals surface area contributed by atoms with E-state index < -0.39 is 6.04 Å². The van der Waals surface area contributed by atoms with Crippen molar-refractivity contribution in [2.24, 2.45) is 10.8 Å². The molecule has 0 bridgehead atoms. The van der Waals surface area contributed by atoms with Gasteiger partial charge in [0.25, 0.3) is 0 Å². The van der Waals surface area contributed by atoms with Gasteiger partial charge in [0, 0.05) is 10.5 Å². The molecule has 0 heterocycles. The molecule has 0 amide bonds. The first-order valence-corrected chi connectivity index (χ1v) is 15.9. The van der Waals surface area contributed by atoms with E-state index in [1.807, 2.05) is 37.3 Å². The van der Waals surface area contributed by atoms with Crippen molar-refractivity contribution in [1.29, 1.82) is 0 Å². The molecule has 3 nitrogen and oxygen atoms in total.